The Hall–Kier alpha value is -1.18. The van der Waals surface area contributed by atoms with Crippen LogP contribution in [-0.2, 0) is 10.0 Å². The average Bonchev–Trinajstić information content (AvgIpc) is 2.62. The Balaban J connectivity index is 2.40. The molecule has 2 aromatic heterocycles. The summed E-state index contributed by atoms with van der Waals surface area (Å²) in [6.45, 7) is 3.37. The van der Waals surface area contributed by atoms with Crippen molar-refractivity contribution < 1.29 is 8.42 Å². The number of hydrogen-bond donors (Lipinski definition) is 1. The first kappa shape index (κ1) is 13.3. The number of thiazole rings is 1. The van der Waals surface area contributed by atoms with Gasteiger partial charge in [-0.25, -0.2) is 18.4 Å². The number of sulfonamides is 1. The fourth-order valence-corrected chi connectivity index (χ4v) is 4.19. The minimum absolute atomic E-state index is 0.109. The lowest BCUT2D eigenvalue weighted by molar-refractivity contribution is 0.602. The Morgan fingerprint density at radius 3 is 2.67 bits per heavy atom. The van der Waals surface area contributed by atoms with E-state index in [0.29, 0.717) is 11.5 Å². The van der Waals surface area contributed by atoms with Crippen LogP contribution in [-0.4, -0.2) is 18.4 Å². The predicted octanol–water partition coefficient (Wildman–Crippen LogP) is 2.61. The lowest BCUT2D eigenvalue weighted by Gasteiger charge is -2.07. The van der Waals surface area contributed by atoms with Gasteiger partial charge in [0.05, 0.1) is 5.69 Å². The van der Waals surface area contributed by atoms with Crippen molar-refractivity contribution in [2.45, 2.75) is 18.1 Å². The second-order valence-electron chi connectivity index (χ2n) is 3.61. The topological polar surface area (TPSA) is 72.0 Å². The minimum atomic E-state index is -3.69. The number of aromatic nitrogens is 2. The van der Waals surface area contributed by atoms with Crippen LogP contribution < -0.4 is 4.72 Å². The summed E-state index contributed by atoms with van der Waals surface area (Å²) in [5.41, 5.74) is 1.13. The summed E-state index contributed by atoms with van der Waals surface area (Å²) in [6, 6.07) is 3.51. The average molecular weight is 304 g/mol. The number of pyridine rings is 1. The second-order valence-corrected chi connectivity index (χ2v) is 7.07. The summed E-state index contributed by atoms with van der Waals surface area (Å²) < 4.78 is 27.0. The quantitative estimate of drug-likeness (QED) is 0.946. The second kappa shape index (κ2) is 4.83. The van der Waals surface area contributed by atoms with Crippen molar-refractivity contribution in [3.63, 3.8) is 0 Å². The highest BCUT2D eigenvalue weighted by molar-refractivity contribution is 7.94. The molecule has 0 fully saturated rings. The maximum atomic E-state index is 12.1. The van der Waals surface area contributed by atoms with Crippen molar-refractivity contribution in [1.82, 2.24) is 9.97 Å². The van der Waals surface area contributed by atoms with Gasteiger partial charge in [-0.3, -0.25) is 4.72 Å². The number of nitrogens with zero attached hydrogens (tertiary/aromatic N) is 2. The fourth-order valence-electron chi connectivity index (χ4n) is 1.37. The predicted molar refractivity (Wildman–Crippen MR) is 71.6 cm³/mol. The Bertz CT molecular complexity index is 682. The molecule has 0 saturated carbocycles. The third kappa shape index (κ3) is 2.63. The molecular weight excluding hydrogens is 294 g/mol. The number of rotatable bonds is 3. The van der Waals surface area contributed by atoms with Crippen molar-refractivity contribution in [3.05, 3.63) is 34.1 Å². The highest BCUT2D eigenvalue weighted by Crippen LogP contribution is 2.28. The highest BCUT2D eigenvalue weighted by Gasteiger charge is 2.22. The van der Waals surface area contributed by atoms with Crippen LogP contribution in [0.15, 0.2) is 22.5 Å². The molecule has 0 amide bonds. The Morgan fingerprint density at radius 2 is 2.11 bits per heavy atom. The van der Waals surface area contributed by atoms with E-state index in [2.05, 4.69) is 14.7 Å². The summed E-state index contributed by atoms with van der Waals surface area (Å²) in [5, 5.41) is 0. The van der Waals surface area contributed by atoms with Crippen molar-refractivity contribution in [2.75, 3.05) is 4.72 Å². The maximum absolute atomic E-state index is 12.1. The third-order valence-electron chi connectivity index (χ3n) is 2.21. The van der Waals surface area contributed by atoms with Gasteiger partial charge in [0, 0.05) is 6.20 Å². The van der Waals surface area contributed by atoms with E-state index in [9.17, 15) is 8.42 Å². The Kier molecular flexibility index (Phi) is 3.56. The molecule has 0 unspecified atom stereocenters. The first-order chi connectivity index (χ1) is 8.40. The number of nitrogens with one attached hydrogen (secondary N) is 1. The zero-order chi connectivity index (χ0) is 13.3. The minimum Gasteiger partial charge on any atom is -0.262 e. The molecule has 2 rings (SSSR count). The van der Waals surface area contributed by atoms with Crippen LogP contribution in [0, 0.1) is 13.8 Å². The van der Waals surface area contributed by atoms with Crippen molar-refractivity contribution in [2.24, 2.45) is 0 Å². The van der Waals surface area contributed by atoms with Crippen LogP contribution in [0.5, 0.6) is 0 Å². The van der Waals surface area contributed by atoms with Crippen molar-refractivity contribution in [1.29, 1.82) is 0 Å². The summed E-state index contributed by atoms with van der Waals surface area (Å²) in [7, 11) is -3.69. The fraction of sp³-hybridized carbons (Fsp3) is 0.200. The van der Waals surface area contributed by atoms with E-state index in [-0.39, 0.29) is 8.68 Å². The van der Waals surface area contributed by atoms with Crippen LogP contribution in [0.1, 0.15) is 11.3 Å². The molecule has 0 saturated heterocycles. The maximum Gasteiger partial charge on any atom is 0.274 e. The van der Waals surface area contributed by atoms with Crippen LogP contribution in [0.3, 0.4) is 0 Å². The largest absolute Gasteiger partial charge is 0.274 e. The van der Waals surface area contributed by atoms with Gasteiger partial charge < -0.3 is 0 Å². The van der Waals surface area contributed by atoms with Gasteiger partial charge in [-0.1, -0.05) is 29.0 Å². The van der Waals surface area contributed by atoms with Crippen molar-refractivity contribution in [3.8, 4) is 0 Å². The van der Waals surface area contributed by atoms with E-state index >= 15 is 0 Å². The Labute approximate surface area is 114 Å². The molecule has 0 aliphatic carbocycles. The Morgan fingerprint density at radius 1 is 1.39 bits per heavy atom. The normalized spacial score (nSPS) is 11.5. The lowest BCUT2D eigenvalue weighted by atomic mass is 10.3. The molecule has 1 N–H and O–H groups in total. The molecule has 0 spiro atoms. The molecule has 0 radical (unpaired) electrons. The van der Waals surface area contributed by atoms with E-state index in [1.54, 1.807) is 26.0 Å². The van der Waals surface area contributed by atoms with Crippen molar-refractivity contribution >= 4 is 38.8 Å². The molecule has 96 valence electrons. The van der Waals surface area contributed by atoms with Crippen LogP contribution in [0.25, 0.3) is 0 Å². The van der Waals surface area contributed by atoms with E-state index in [1.165, 1.54) is 6.20 Å². The molecule has 0 atom stereocenters. The zero-order valence-corrected chi connectivity index (χ0v) is 12.0. The van der Waals surface area contributed by atoms with Gasteiger partial charge in [0.2, 0.25) is 0 Å². The smallest absolute Gasteiger partial charge is 0.262 e. The molecule has 8 heteroatoms. The number of halogens is 1. The van der Waals surface area contributed by atoms with E-state index < -0.39 is 10.0 Å². The number of hydrogen-bond acceptors (Lipinski definition) is 5. The first-order valence-corrected chi connectivity index (χ1v) is 7.65. The van der Waals surface area contributed by atoms with Gasteiger partial charge in [0.1, 0.15) is 5.82 Å². The molecule has 0 bridgehead atoms. The molecule has 5 nitrogen and oxygen atoms in total. The van der Waals surface area contributed by atoms with Gasteiger partial charge in [-0.15, -0.1) is 0 Å². The summed E-state index contributed by atoms with van der Waals surface area (Å²) in [4.78, 5) is 7.87. The SMILES string of the molecule is Cc1cccnc1NS(=O)(=O)c1sc(Cl)nc1C. The third-order valence-corrected chi connectivity index (χ3v) is 5.42. The van der Waals surface area contributed by atoms with Crippen LogP contribution in [0.4, 0.5) is 5.82 Å². The lowest BCUT2D eigenvalue weighted by Crippen LogP contribution is -2.14. The molecule has 0 aliphatic rings. The zero-order valence-electron chi connectivity index (χ0n) is 9.64. The molecule has 18 heavy (non-hydrogen) atoms. The highest BCUT2D eigenvalue weighted by atomic mass is 35.5. The monoisotopic (exact) mass is 303 g/mol. The first-order valence-electron chi connectivity index (χ1n) is 4.97. The van der Waals surface area contributed by atoms with Crippen LogP contribution in [0.2, 0.25) is 4.47 Å². The molecular formula is C10H10ClN3O2S2. The molecule has 0 aliphatic heterocycles. The van der Waals surface area contributed by atoms with E-state index in [4.69, 9.17) is 11.6 Å². The number of anilines is 1. The molecule has 0 aromatic carbocycles. The number of aryl methyl sites for hydroxylation is 2. The molecule has 2 heterocycles. The standard InChI is InChI=1S/C10H10ClN3O2S2/c1-6-4-3-5-12-8(6)14-18(15,16)9-7(2)13-10(11)17-9/h3-5H,1-2H3,(H,12,14). The van der Waals surface area contributed by atoms with Gasteiger partial charge in [-0.05, 0) is 25.5 Å². The summed E-state index contributed by atoms with van der Waals surface area (Å²) in [5.74, 6) is 0.307. The summed E-state index contributed by atoms with van der Waals surface area (Å²) in [6.07, 6.45) is 1.53. The van der Waals surface area contributed by atoms with E-state index in [1.807, 2.05) is 0 Å². The van der Waals surface area contributed by atoms with Gasteiger partial charge >= 0.3 is 0 Å². The van der Waals surface area contributed by atoms with Gasteiger partial charge in [0.15, 0.2) is 8.68 Å². The van der Waals surface area contributed by atoms with E-state index in [0.717, 1.165) is 16.9 Å². The van der Waals surface area contributed by atoms with Crippen LogP contribution >= 0.6 is 22.9 Å². The summed E-state index contributed by atoms with van der Waals surface area (Å²) >= 11 is 6.63. The van der Waals surface area contributed by atoms with Gasteiger partial charge in [0.25, 0.3) is 10.0 Å². The van der Waals surface area contributed by atoms with Gasteiger partial charge in [-0.2, -0.15) is 0 Å². The molecule has 2 aromatic rings.